The van der Waals surface area contributed by atoms with Crippen LogP contribution in [0.3, 0.4) is 0 Å². The topological polar surface area (TPSA) is 61.8 Å². The normalized spacial score (nSPS) is 14.2. The molecule has 170 valence electrons. The van der Waals surface area contributed by atoms with Crippen LogP contribution in [0.15, 0.2) is 58.4 Å². The second-order valence-corrected chi connectivity index (χ2v) is 9.61. The molecule has 0 saturated heterocycles. The third kappa shape index (κ3) is 3.69. The van der Waals surface area contributed by atoms with Crippen LogP contribution < -0.4 is 11.2 Å². The molecule has 0 unspecified atom stereocenters. The van der Waals surface area contributed by atoms with E-state index in [0.717, 1.165) is 16.2 Å². The Labute approximate surface area is 188 Å². The highest BCUT2D eigenvalue weighted by molar-refractivity contribution is 5.72. The highest BCUT2D eigenvalue weighted by Gasteiger charge is 2.31. The largest absolute Gasteiger partial charge is 0.337 e. The molecule has 2 heterocycles. The quantitative estimate of drug-likeness (QED) is 0.466. The van der Waals surface area contributed by atoms with Crippen molar-refractivity contribution in [2.24, 2.45) is 0 Å². The fourth-order valence-corrected chi connectivity index (χ4v) is 4.11. The van der Waals surface area contributed by atoms with Gasteiger partial charge in [0.1, 0.15) is 11.6 Å². The van der Waals surface area contributed by atoms with Crippen LogP contribution in [0.1, 0.15) is 50.8 Å². The van der Waals surface area contributed by atoms with Gasteiger partial charge in [0.05, 0.1) is 12.0 Å². The van der Waals surface area contributed by atoms with Crippen molar-refractivity contribution in [2.45, 2.75) is 51.6 Å². The predicted octanol–water partition coefficient (Wildman–Crippen LogP) is 4.31. The van der Waals surface area contributed by atoms with E-state index >= 15 is 0 Å². The summed E-state index contributed by atoms with van der Waals surface area (Å²) in [6, 6.07) is 10.9. The van der Waals surface area contributed by atoms with E-state index in [1.54, 1.807) is 4.57 Å². The summed E-state index contributed by atoms with van der Waals surface area (Å²) < 4.78 is 32.1. The van der Waals surface area contributed by atoms with Crippen molar-refractivity contribution < 1.29 is 8.78 Å². The Morgan fingerprint density at radius 2 is 1.73 bits per heavy atom. The molecule has 1 fully saturated rings. The van der Waals surface area contributed by atoms with Crippen molar-refractivity contribution in [3.63, 3.8) is 0 Å². The molecule has 4 aromatic rings. The summed E-state index contributed by atoms with van der Waals surface area (Å²) in [5.74, 6) is -1.65. The predicted molar refractivity (Wildman–Crippen MR) is 122 cm³/mol. The number of nitrogens with zero attached hydrogens (tertiary/aromatic N) is 4. The summed E-state index contributed by atoms with van der Waals surface area (Å²) in [6.07, 6.45) is 2.89. The molecular weight excluding hydrogens is 426 g/mol. The number of fused-ring (bicyclic) bond motifs is 1. The fourth-order valence-electron chi connectivity index (χ4n) is 4.11. The van der Waals surface area contributed by atoms with Crippen molar-refractivity contribution in [2.75, 3.05) is 0 Å². The second-order valence-electron chi connectivity index (χ2n) is 9.61. The number of halogens is 2. The van der Waals surface area contributed by atoms with Gasteiger partial charge in [-0.1, -0.05) is 45.0 Å². The van der Waals surface area contributed by atoms with E-state index < -0.39 is 22.9 Å². The third-order valence-corrected chi connectivity index (χ3v) is 6.08. The van der Waals surface area contributed by atoms with Gasteiger partial charge in [-0.15, -0.1) is 0 Å². The standard InChI is InChI=1S/C25H24F2N4O2/c1-25(2,3)16-6-4-15(5-7-16)13-29-14-28-22-21(29)23(32)30(18-9-10-18)24(33)31(22)20-11-8-17(26)12-19(20)27/h4-8,11-12,14,18H,9-10,13H2,1-3H3. The molecule has 5 rings (SSSR count). The van der Waals surface area contributed by atoms with E-state index in [2.05, 4.69) is 37.9 Å². The molecule has 33 heavy (non-hydrogen) atoms. The van der Waals surface area contributed by atoms with Crippen LogP contribution in [-0.4, -0.2) is 18.7 Å². The molecule has 0 bridgehead atoms. The van der Waals surface area contributed by atoms with Gasteiger partial charge in [0, 0.05) is 18.7 Å². The average Bonchev–Trinajstić information content (AvgIpc) is 3.49. The molecule has 0 spiro atoms. The molecule has 1 aliphatic carbocycles. The lowest BCUT2D eigenvalue weighted by Gasteiger charge is -2.19. The summed E-state index contributed by atoms with van der Waals surface area (Å²) >= 11 is 0. The van der Waals surface area contributed by atoms with Crippen molar-refractivity contribution in [3.8, 4) is 5.69 Å². The van der Waals surface area contributed by atoms with Gasteiger partial charge in [-0.05, 0) is 41.5 Å². The van der Waals surface area contributed by atoms with Gasteiger partial charge in [0.2, 0.25) is 0 Å². The van der Waals surface area contributed by atoms with Crippen LogP contribution in [-0.2, 0) is 12.0 Å². The Kier molecular flexibility index (Phi) is 4.84. The summed E-state index contributed by atoms with van der Waals surface area (Å²) in [4.78, 5) is 30.9. The lowest BCUT2D eigenvalue weighted by molar-refractivity contribution is 0.570. The first-order valence-electron chi connectivity index (χ1n) is 10.9. The Bertz CT molecular complexity index is 1490. The maximum atomic E-state index is 14.7. The van der Waals surface area contributed by atoms with E-state index in [1.165, 1.54) is 22.5 Å². The number of rotatable bonds is 4. The van der Waals surface area contributed by atoms with Gasteiger partial charge >= 0.3 is 5.69 Å². The fraction of sp³-hybridized carbons (Fsp3) is 0.320. The summed E-state index contributed by atoms with van der Waals surface area (Å²) in [5, 5.41) is 0. The van der Waals surface area contributed by atoms with E-state index in [4.69, 9.17) is 0 Å². The number of imidazole rings is 1. The summed E-state index contributed by atoms with van der Waals surface area (Å²) in [7, 11) is 0. The first-order chi connectivity index (χ1) is 15.6. The van der Waals surface area contributed by atoms with Crippen LogP contribution in [0.2, 0.25) is 0 Å². The molecule has 8 heteroatoms. The maximum Gasteiger partial charge on any atom is 0.337 e. The lowest BCUT2D eigenvalue weighted by atomic mass is 9.87. The second kappa shape index (κ2) is 7.50. The van der Waals surface area contributed by atoms with Gasteiger partial charge in [0.25, 0.3) is 5.56 Å². The van der Waals surface area contributed by atoms with E-state index in [-0.39, 0.29) is 28.3 Å². The number of hydrogen-bond donors (Lipinski definition) is 0. The van der Waals surface area contributed by atoms with Crippen LogP contribution >= 0.6 is 0 Å². The molecule has 1 saturated carbocycles. The zero-order chi connectivity index (χ0) is 23.5. The minimum absolute atomic E-state index is 0.0214. The van der Waals surface area contributed by atoms with Crippen molar-refractivity contribution in [1.29, 1.82) is 0 Å². The molecule has 2 aromatic heterocycles. The Hall–Kier alpha value is -3.55. The lowest BCUT2D eigenvalue weighted by Crippen LogP contribution is -2.40. The van der Waals surface area contributed by atoms with Gasteiger partial charge in [-0.3, -0.25) is 9.36 Å². The molecule has 0 N–H and O–H groups in total. The Morgan fingerprint density at radius 3 is 2.33 bits per heavy atom. The average molecular weight is 450 g/mol. The molecule has 0 aliphatic heterocycles. The van der Waals surface area contributed by atoms with Gasteiger partial charge < -0.3 is 4.57 Å². The highest BCUT2D eigenvalue weighted by Crippen LogP contribution is 2.33. The minimum Gasteiger partial charge on any atom is -0.320 e. The van der Waals surface area contributed by atoms with E-state index in [9.17, 15) is 18.4 Å². The SMILES string of the molecule is CC(C)(C)c1ccc(Cn2cnc3c2c(=O)n(C2CC2)c(=O)n3-c2ccc(F)cc2F)cc1. The zero-order valence-electron chi connectivity index (χ0n) is 18.7. The molecule has 6 nitrogen and oxygen atoms in total. The highest BCUT2D eigenvalue weighted by atomic mass is 19.1. The van der Waals surface area contributed by atoms with Crippen molar-refractivity contribution in [3.05, 3.63) is 92.4 Å². The zero-order valence-corrected chi connectivity index (χ0v) is 18.7. The van der Waals surface area contributed by atoms with Gasteiger partial charge in [0.15, 0.2) is 11.2 Å². The van der Waals surface area contributed by atoms with Gasteiger partial charge in [-0.25, -0.2) is 23.1 Å². The first-order valence-corrected chi connectivity index (χ1v) is 10.9. The number of benzene rings is 2. The van der Waals surface area contributed by atoms with Crippen LogP contribution in [0.5, 0.6) is 0 Å². The molecule has 0 atom stereocenters. The Morgan fingerprint density at radius 1 is 1.03 bits per heavy atom. The van der Waals surface area contributed by atoms with Crippen LogP contribution in [0, 0.1) is 11.6 Å². The molecule has 2 aromatic carbocycles. The van der Waals surface area contributed by atoms with Gasteiger partial charge in [-0.2, -0.15) is 0 Å². The van der Waals surface area contributed by atoms with Crippen LogP contribution in [0.25, 0.3) is 16.9 Å². The monoisotopic (exact) mass is 450 g/mol. The molecule has 0 amide bonds. The third-order valence-electron chi connectivity index (χ3n) is 6.08. The summed E-state index contributed by atoms with van der Waals surface area (Å²) in [6.45, 7) is 6.78. The van der Waals surface area contributed by atoms with E-state index in [0.29, 0.717) is 25.5 Å². The number of aromatic nitrogens is 4. The molecule has 1 aliphatic rings. The summed E-state index contributed by atoms with van der Waals surface area (Å²) in [5.41, 5.74) is 1.20. The van der Waals surface area contributed by atoms with E-state index in [1.807, 2.05) is 12.1 Å². The molecular formula is C25H24F2N4O2. The van der Waals surface area contributed by atoms with Crippen molar-refractivity contribution >= 4 is 11.2 Å². The minimum atomic E-state index is -0.897. The first kappa shape index (κ1) is 21.3. The Balaban J connectivity index is 1.69. The van der Waals surface area contributed by atoms with Crippen LogP contribution in [0.4, 0.5) is 8.78 Å². The maximum absolute atomic E-state index is 14.7. The number of hydrogen-bond acceptors (Lipinski definition) is 3. The molecule has 0 radical (unpaired) electrons. The van der Waals surface area contributed by atoms with Crippen molar-refractivity contribution in [1.82, 2.24) is 18.7 Å². The smallest absolute Gasteiger partial charge is 0.320 e.